The zero-order chi connectivity index (χ0) is 14.0. The van der Waals surface area contributed by atoms with Gasteiger partial charge in [-0.15, -0.1) is 0 Å². The summed E-state index contributed by atoms with van der Waals surface area (Å²) in [7, 11) is 0. The van der Waals surface area contributed by atoms with Crippen molar-refractivity contribution < 1.29 is 8.78 Å². The van der Waals surface area contributed by atoms with Gasteiger partial charge in [0.25, 0.3) is 0 Å². The predicted octanol–water partition coefficient (Wildman–Crippen LogP) is 5.71. The van der Waals surface area contributed by atoms with Crippen LogP contribution in [-0.2, 0) is 6.42 Å². The third kappa shape index (κ3) is 3.63. The first kappa shape index (κ1) is 14.7. The monoisotopic (exact) mass is 388 g/mol. The Morgan fingerprint density at radius 2 is 1.68 bits per heavy atom. The second-order valence-corrected chi connectivity index (χ2v) is 6.44. The Bertz CT molecular complexity index is 579. The summed E-state index contributed by atoms with van der Waals surface area (Å²) in [5.74, 6) is -1.02. The molecule has 0 heterocycles. The number of aryl methyl sites for hydroxylation is 1. The number of hydrogen-bond acceptors (Lipinski definition) is 0. The van der Waals surface area contributed by atoms with E-state index in [0.29, 0.717) is 17.5 Å². The quantitative estimate of drug-likeness (QED) is 0.589. The number of benzene rings is 2. The second kappa shape index (κ2) is 6.14. The molecule has 0 amide bonds. The summed E-state index contributed by atoms with van der Waals surface area (Å²) in [4.78, 5) is -0.173. The number of alkyl halides is 1. The molecule has 0 aliphatic carbocycles. The standard InChI is InChI=1S/C15H12Br2F2/c1-9-6-12(15(19)8-14(9)18)13(17)7-10-2-4-11(16)5-3-10/h2-6,8,13H,7H2,1H3. The van der Waals surface area contributed by atoms with Gasteiger partial charge in [0.1, 0.15) is 11.6 Å². The van der Waals surface area contributed by atoms with Gasteiger partial charge >= 0.3 is 0 Å². The van der Waals surface area contributed by atoms with Crippen molar-refractivity contribution in [2.24, 2.45) is 0 Å². The molecule has 1 atom stereocenters. The van der Waals surface area contributed by atoms with Crippen molar-refractivity contribution in [3.8, 4) is 0 Å². The average Bonchev–Trinajstić information content (AvgIpc) is 2.36. The van der Waals surface area contributed by atoms with Gasteiger partial charge in [0.15, 0.2) is 0 Å². The molecular weight excluding hydrogens is 378 g/mol. The fourth-order valence-electron chi connectivity index (χ4n) is 1.86. The van der Waals surface area contributed by atoms with E-state index >= 15 is 0 Å². The predicted molar refractivity (Wildman–Crippen MR) is 80.6 cm³/mol. The SMILES string of the molecule is Cc1cc(C(Br)Cc2ccc(Br)cc2)c(F)cc1F. The topological polar surface area (TPSA) is 0 Å². The van der Waals surface area contributed by atoms with Crippen molar-refractivity contribution in [2.45, 2.75) is 18.2 Å². The van der Waals surface area contributed by atoms with E-state index in [1.54, 1.807) is 13.0 Å². The molecule has 100 valence electrons. The van der Waals surface area contributed by atoms with Crippen LogP contribution in [0.5, 0.6) is 0 Å². The minimum absolute atomic E-state index is 0.173. The van der Waals surface area contributed by atoms with Gasteiger partial charge in [-0.25, -0.2) is 8.78 Å². The summed E-state index contributed by atoms with van der Waals surface area (Å²) in [6.07, 6.45) is 0.648. The molecule has 0 saturated heterocycles. The first-order chi connectivity index (χ1) is 8.97. The van der Waals surface area contributed by atoms with Crippen molar-refractivity contribution in [1.82, 2.24) is 0 Å². The Balaban J connectivity index is 2.22. The Morgan fingerprint density at radius 3 is 2.32 bits per heavy atom. The van der Waals surface area contributed by atoms with Crippen LogP contribution in [0.3, 0.4) is 0 Å². The third-order valence-corrected chi connectivity index (χ3v) is 4.29. The second-order valence-electron chi connectivity index (χ2n) is 4.42. The maximum atomic E-state index is 13.8. The Morgan fingerprint density at radius 1 is 1.05 bits per heavy atom. The third-order valence-electron chi connectivity index (χ3n) is 2.94. The Kier molecular flexibility index (Phi) is 4.74. The van der Waals surface area contributed by atoms with Crippen molar-refractivity contribution in [2.75, 3.05) is 0 Å². The fraction of sp³-hybridized carbons (Fsp3) is 0.200. The van der Waals surface area contributed by atoms with E-state index in [-0.39, 0.29) is 4.83 Å². The molecule has 1 unspecified atom stereocenters. The van der Waals surface area contributed by atoms with Gasteiger partial charge in [-0.3, -0.25) is 0 Å². The molecule has 0 aromatic heterocycles. The molecule has 2 aromatic rings. The van der Waals surface area contributed by atoms with Crippen LogP contribution in [0.4, 0.5) is 8.78 Å². The minimum Gasteiger partial charge on any atom is -0.207 e. The molecule has 2 aromatic carbocycles. The molecule has 0 aliphatic rings. The van der Waals surface area contributed by atoms with Crippen LogP contribution in [0.15, 0.2) is 40.9 Å². The summed E-state index contributed by atoms with van der Waals surface area (Å²) in [6.45, 7) is 1.64. The van der Waals surface area contributed by atoms with Crippen LogP contribution in [0.25, 0.3) is 0 Å². The molecule has 0 N–H and O–H groups in total. The highest BCUT2D eigenvalue weighted by molar-refractivity contribution is 9.10. The number of halogens is 4. The lowest BCUT2D eigenvalue weighted by atomic mass is 10.0. The molecule has 0 spiro atoms. The maximum Gasteiger partial charge on any atom is 0.130 e. The van der Waals surface area contributed by atoms with Gasteiger partial charge in [-0.1, -0.05) is 44.0 Å². The molecule has 0 nitrogen and oxygen atoms in total. The molecule has 0 saturated carbocycles. The summed E-state index contributed by atoms with van der Waals surface area (Å²) in [5, 5.41) is 0. The van der Waals surface area contributed by atoms with Crippen LogP contribution >= 0.6 is 31.9 Å². The van der Waals surface area contributed by atoms with E-state index in [9.17, 15) is 8.78 Å². The van der Waals surface area contributed by atoms with Crippen LogP contribution < -0.4 is 0 Å². The van der Waals surface area contributed by atoms with Crippen LogP contribution in [0.1, 0.15) is 21.5 Å². The molecule has 0 radical (unpaired) electrons. The first-order valence-corrected chi connectivity index (χ1v) is 7.52. The zero-order valence-electron chi connectivity index (χ0n) is 10.3. The first-order valence-electron chi connectivity index (χ1n) is 5.81. The highest BCUT2D eigenvalue weighted by atomic mass is 79.9. The van der Waals surface area contributed by atoms with E-state index in [2.05, 4.69) is 31.9 Å². The Hall–Kier alpha value is -0.740. The Labute approximate surface area is 128 Å². The summed E-state index contributed by atoms with van der Waals surface area (Å²) >= 11 is 6.85. The van der Waals surface area contributed by atoms with Gasteiger partial charge in [-0.2, -0.15) is 0 Å². The smallest absolute Gasteiger partial charge is 0.130 e. The van der Waals surface area contributed by atoms with Gasteiger partial charge < -0.3 is 0 Å². The number of hydrogen-bond donors (Lipinski definition) is 0. The van der Waals surface area contributed by atoms with E-state index in [1.807, 2.05) is 24.3 Å². The van der Waals surface area contributed by atoms with Crippen LogP contribution in [0.2, 0.25) is 0 Å². The van der Waals surface area contributed by atoms with Gasteiger partial charge in [0, 0.05) is 20.9 Å². The average molecular weight is 390 g/mol. The van der Waals surface area contributed by atoms with E-state index < -0.39 is 11.6 Å². The highest BCUT2D eigenvalue weighted by Gasteiger charge is 2.15. The van der Waals surface area contributed by atoms with Crippen molar-refractivity contribution in [3.63, 3.8) is 0 Å². The van der Waals surface area contributed by atoms with E-state index in [0.717, 1.165) is 16.1 Å². The molecule has 19 heavy (non-hydrogen) atoms. The summed E-state index contributed by atoms with van der Waals surface area (Å²) in [6, 6.07) is 10.4. The van der Waals surface area contributed by atoms with Gasteiger partial charge in [-0.05, 0) is 42.7 Å². The van der Waals surface area contributed by atoms with Crippen LogP contribution in [-0.4, -0.2) is 0 Å². The van der Waals surface area contributed by atoms with E-state index in [4.69, 9.17) is 0 Å². The maximum absolute atomic E-state index is 13.8. The molecule has 0 aliphatic heterocycles. The fourth-order valence-corrected chi connectivity index (χ4v) is 2.85. The van der Waals surface area contributed by atoms with Crippen molar-refractivity contribution in [3.05, 3.63) is 69.2 Å². The number of rotatable bonds is 3. The summed E-state index contributed by atoms with van der Waals surface area (Å²) < 4.78 is 28.0. The minimum atomic E-state index is -0.512. The van der Waals surface area contributed by atoms with Crippen LogP contribution in [0, 0.1) is 18.6 Å². The van der Waals surface area contributed by atoms with Crippen molar-refractivity contribution >= 4 is 31.9 Å². The van der Waals surface area contributed by atoms with Crippen molar-refractivity contribution in [1.29, 1.82) is 0 Å². The normalized spacial score (nSPS) is 12.5. The van der Waals surface area contributed by atoms with E-state index in [1.165, 1.54) is 0 Å². The highest BCUT2D eigenvalue weighted by Crippen LogP contribution is 2.30. The lowest BCUT2D eigenvalue weighted by Gasteiger charge is -2.13. The molecule has 4 heteroatoms. The summed E-state index contributed by atoms with van der Waals surface area (Å²) in [5.41, 5.74) is 2.03. The lowest BCUT2D eigenvalue weighted by Crippen LogP contribution is -2.01. The largest absolute Gasteiger partial charge is 0.207 e. The zero-order valence-corrected chi connectivity index (χ0v) is 13.4. The molecule has 0 fully saturated rings. The molecule has 2 rings (SSSR count). The molecular formula is C15H12Br2F2. The van der Waals surface area contributed by atoms with Gasteiger partial charge in [0.05, 0.1) is 0 Å². The van der Waals surface area contributed by atoms with Gasteiger partial charge in [0.2, 0.25) is 0 Å². The molecule has 0 bridgehead atoms. The lowest BCUT2D eigenvalue weighted by molar-refractivity contribution is 0.566.